The first-order valence-corrected chi connectivity index (χ1v) is 11.2. The number of hydrogen-bond donors (Lipinski definition) is 4. The van der Waals surface area contributed by atoms with E-state index in [1.165, 1.54) is 19.3 Å². The van der Waals surface area contributed by atoms with Crippen molar-refractivity contribution in [2.45, 2.75) is 25.4 Å². The van der Waals surface area contributed by atoms with Crippen molar-refractivity contribution in [2.24, 2.45) is 0 Å². The molecule has 0 aromatic heterocycles. The largest absolute Gasteiger partial charge is 0.504 e. The smallest absolute Gasteiger partial charge is 0.412 e. The van der Waals surface area contributed by atoms with E-state index in [1.807, 2.05) is 18.2 Å². The first-order chi connectivity index (χ1) is 17.0. The summed E-state index contributed by atoms with van der Waals surface area (Å²) in [5.74, 6) is 0.00562. The van der Waals surface area contributed by atoms with Gasteiger partial charge in [-0.05, 0) is 67.3 Å². The van der Waals surface area contributed by atoms with Crippen LogP contribution >= 0.6 is 0 Å². The highest BCUT2D eigenvalue weighted by atomic mass is 16.6. The van der Waals surface area contributed by atoms with Crippen molar-refractivity contribution in [1.29, 1.82) is 0 Å². The number of ether oxygens (including phenoxy) is 2. The number of phenols is 1. The van der Waals surface area contributed by atoms with Crippen molar-refractivity contribution >= 4 is 29.1 Å². The Morgan fingerprint density at radius 2 is 1.77 bits per heavy atom. The second kappa shape index (κ2) is 12.7. The number of phenolic OH excluding ortho intramolecular Hbond substituents is 1. The van der Waals surface area contributed by atoms with E-state index in [1.54, 1.807) is 54.6 Å². The summed E-state index contributed by atoms with van der Waals surface area (Å²) >= 11 is 0. The lowest BCUT2D eigenvalue weighted by molar-refractivity contribution is -0.111. The predicted octanol–water partition coefficient (Wildman–Crippen LogP) is 5.64. The number of rotatable bonds is 10. The number of methoxy groups -OCH3 is 1. The van der Waals surface area contributed by atoms with Gasteiger partial charge < -0.3 is 25.6 Å². The molecule has 3 aromatic carbocycles. The molecule has 2 amide bonds. The summed E-state index contributed by atoms with van der Waals surface area (Å²) in [7, 11) is 1.46. The molecule has 0 saturated carbocycles. The van der Waals surface area contributed by atoms with Crippen LogP contribution in [0.25, 0.3) is 0 Å². The Morgan fingerprint density at radius 1 is 1.03 bits per heavy atom. The van der Waals surface area contributed by atoms with E-state index >= 15 is 0 Å². The van der Waals surface area contributed by atoms with Gasteiger partial charge in [-0.2, -0.15) is 0 Å². The molecule has 3 rings (SSSR count). The van der Waals surface area contributed by atoms with Crippen LogP contribution in [0.1, 0.15) is 30.9 Å². The third-order valence-corrected chi connectivity index (χ3v) is 5.17. The molecule has 5 N–H and O–H groups in total. The van der Waals surface area contributed by atoms with Gasteiger partial charge in [-0.1, -0.05) is 42.5 Å². The van der Waals surface area contributed by atoms with E-state index in [0.717, 1.165) is 0 Å². The zero-order valence-electron chi connectivity index (χ0n) is 19.4. The fourth-order valence-electron chi connectivity index (χ4n) is 3.40. The Kier molecular flexibility index (Phi) is 9.13. The lowest BCUT2D eigenvalue weighted by Crippen LogP contribution is -2.17. The monoisotopic (exact) mass is 475 g/mol. The molecule has 8 nitrogen and oxygen atoms in total. The molecule has 182 valence electrons. The predicted molar refractivity (Wildman–Crippen MR) is 136 cm³/mol. The quantitative estimate of drug-likeness (QED) is 0.171. The summed E-state index contributed by atoms with van der Waals surface area (Å²) in [6.45, 7) is 0. The zero-order chi connectivity index (χ0) is 25.0. The molecule has 0 spiro atoms. The van der Waals surface area contributed by atoms with Crippen molar-refractivity contribution in [3.63, 3.8) is 0 Å². The van der Waals surface area contributed by atoms with Crippen LogP contribution in [0.2, 0.25) is 0 Å². The molecule has 0 aliphatic rings. The Labute approximate surface area is 204 Å². The van der Waals surface area contributed by atoms with E-state index in [9.17, 15) is 14.7 Å². The second-order valence-electron chi connectivity index (χ2n) is 7.73. The number of nitrogens with one attached hydrogen (secondary N) is 2. The summed E-state index contributed by atoms with van der Waals surface area (Å²) in [4.78, 5) is 24.6. The highest BCUT2D eigenvalue weighted by Crippen LogP contribution is 2.32. The second-order valence-corrected chi connectivity index (χ2v) is 7.73. The molecule has 0 radical (unpaired) electrons. The maximum atomic E-state index is 12.5. The van der Waals surface area contributed by atoms with Gasteiger partial charge in [0.05, 0.1) is 18.5 Å². The molecule has 0 heterocycles. The standard InChI is InChI=1S/C27H29N3O5/c1-34-25-17-16-19(18-23(25)31)24(35-27(33)29-20-10-4-2-5-11-20)14-6-3-7-15-26(32)30-22-13-9-8-12-21(22)28/h2,4-5,7-13,15-18,24,31H,3,6,14,28H2,1H3,(H,29,33)(H,30,32)/b15-7+/t24-/m0/s1. The van der Waals surface area contributed by atoms with Crippen molar-refractivity contribution in [2.75, 3.05) is 23.5 Å². The van der Waals surface area contributed by atoms with Gasteiger partial charge in [0.15, 0.2) is 11.5 Å². The minimum atomic E-state index is -0.609. The number of nitrogen functional groups attached to an aromatic ring is 1. The number of benzene rings is 3. The van der Waals surface area contributed by atoms with Crippen LogP contribution in [0.15, 0.2) is 84.9 Å². The number of carbonyl (C=O) groups excluding carboxylic acids is 2. The van der Waals surface area contributed by atoms with Crippen molar-refractivity contribution < 1.29 is 24.2 Å². The number of unbranched alkanes of at least 4 members (excludes halogenated alkanes) is 1. The molecule has 3 aromatic rings. The number of carbonyl (C=O) groups is 2. The molecule has 0 bridgehead atoms. The SMILES string of the molecule is COc1ccc([C@H](CCC/C=C/C(=O)Nc2ccccc2N)OC(=O)Nc2ccccc2)cc1O. The number of amides is 2. The molecule has 0 unspecified atom stereocenters. The summed E-state index contributed by atoms with van der Waals surface area (Å²) < 4.78 is 10.8. The van der Waals surface area contributed by atoms with E-state index in [4.69, 9.17) is 15.2 Å². The summed E-state index contributed by atoms with van der Waals surface area (Å²) in [5, 5.41) is 15.6. The Bertz CT molecular complexity index is 1160. The normalized spacial score (nSPS) is 11.6. The third kappa shape index (κ3) is 7.82. The molecule has 35 heavy (non-hydrogen) atoms. The number of hydrogen-bond acceptors (Lipinski definition) is 6. The van der Waals surface area contributed by atoms with Gasteiger partial charge in [0, 0.05) is 5.69 Å². The molecule has 0 aliphatic carbocycles. The zero-order valence-corrected chi connectivity index (χ0v) is 19.4. The topological polar surface area (TPSA) is 123 Å². The van der Waals surface area contributed by atoms with Gasteiger partial charge in [0.25, 0.3) is 0 Å². The average molecular weight is 476 g/mol. The van der Waals surface area contributed by atoms with Gasteiger partial charge in [0.2, 0.25) is 5.91 Å². The van der Waals surface area contributed by atoms with E-state index in [2.05, 4.69) is 10.6 Å². The van der Waals surface area contributed by atoms with Crippen LogP contribution in [0.5, 0.6) is 11.5 Å². The maximum Gasteiger partial charge on any atom is 0.412 e. The van der Waals surface area contributed by atoms with Crippen LogP contribution in [0, 0.1) is 0 Å². The highest BCUT2D eigenvalue weighted by molar-refractivity contribution is 6.01. The van der Waals surface area contributed by atoms with Gasteiger partial charge in [0.1, 0.15) is 6.10 Å². The van der Waals surface area contributed by atoms with E-state index in [-0.39, 0.29) is 11.7 Å². The minimum Gasteiger partial charge on any atom is -0.504 e. The minimum absolute atomic E-state index is 0.0428. The molecule has 1 atom stereocenters. The summed E-state index contributed by atoms with van der Waals surface area (Å²) in [5.41, 5.74) is 8.13. The molecule has 8 heteroatoms. The van der Waals surface area contributed by atoms with Crippen LogP contribution in [0.3, 0.4) is 0 Å². The number of para-hydroxylation sites is 3. The van der Waals surface area contributed by atoms with Crippen molar-refractivity contribution in [3.8, 4) is 11.5 Å². The fourth-order valence-corrected chi connectivity index (χ4v) is 3.40. The van der Waals surface area contributed by atoms with Crippen LogP contribution in [-0.2, 0) is 9.53 Å². The van der Waals surface area contributed by atoms with Crippen LogP contribution in [-0.4, -0.2) is 24.2 Å². The Hall–Kier alpha value is -4.46. The Morgan fingerprint density at radius 3 is 2.49 bits per heavy atom. The summed E-state index contributed by atoms with van der Waals surface area (Å²) in [6, 6.07) is 20.9. The first-order valence-electron chi connectivity index (χ1n) is 11.2. The fraction of sp³-hybridized carbons (Fsp3) is 0.185. The van der Waals surface area contributed by atoms with Crippen molar-refractivity contribution in [3.05, 3.63) is 90.5 Å². The van der Waals surface area contributed by atoms with Gasteiger partial charge >= 0.3 is 6.09 Å². The van der Waals surface area contributed by atoms with Crippen molar-refractivity contribution in [1.82, 2.24) is 0 Å². The molecular weight excluding hydrogens is 446 g/mol. The van der Waals surface area contributed by atoms with Crippen LogP contribution < -0.4 is 21.1 Å². The van der Waals surface area contributed by atoms with E-state index in [0.29, 0.717) is 47.6 Å². The van der Waals surface area contributed by atoms with Gasteiger partial charge in [-0.25, -0.2) is 4.79 Å². The molecule has 0 aliphatic heterocycles. The average Bonchev–Trinajstić information content (AvgIpc) is 2.85. The summed E-state index contributed by atoms with van der Waals surface area (Å²) in [6.07, 6.45) is 3.68. The molecule has 0 saturated heterocycles. The number of allylic oxidation sites excluding steroid dienone is 1. The lowest BCUT2D eigenvalue weighted by atomic mass is 10.0. The Balaban J connectivity index is 1.59. The third-order valence-electron chi connectivity index (χ3n) is 5.17. The number of nitrogens with two attached hydrogens (primary N) is 1. The highest BCUT2D eigenvalue weighted by Gasteiger charge is 2.18. The first kappa shape index (κ1) is 25.2. The number of aromatic hydroxyl groups is 1. The van der Waals surface area contributed by atoms with E-state index < -0.39 is 12.2 Å². The van der Waals surface area contributed by atoms with Gasteiger partial charge in [-0.3, -0.25) is 10.1 Å². The van der Waals surface area contributed by atoms with Crippen LogP contribution in [0.4, 0.5) is 21.9 Å². The molecule has 0 fully saturated rings. The lowest BCUT2D eigenvalue weighted by Gasteiger charge is -2.19. The maximum absolute atomic E-state index is 12.5. The van der Waals surface area contributed by atoms with Gasteiger partial charge in [-0.15, -0.1) is 0 Å². The number of anilines is 3. The molecular formula is C27H29N3O5.